The number of amides is 3. The normalized spacial score (nSPS) is 12.1. The van der Waals surface area contributed by atoms with Crippen molar-refractivity contribution in [3.8, 4) is 0 Å². The minimum Gasteiger partial charge on any atom is -0.377 e. The van der Waals surface area contributed by atoms with Crippen LogP contribution in [0.3, 0.4) is 0 Å². The maximum atomic E-state index is 12.7. The Morgan fingerprint density at radius 1 is 1.07 bits per heavy atom. The number of nitrogens with zero attached hydrogens (tertiary/aromatic N) is 2. The molecule has 3 amide bonds. The summed E-state index contributed by atoms with van der Waals surface area (Å²) in [5, 5.41) is 5.87. The minimum atomic E-state index is -0.0882. The molecule has 0 unspecified atom stereocenters. The van der Waals surface area contributed by atoms with E-state index in [2.05, 4.69) is 31.4 Å². The number of benzene rings is 1. The highest BCUT2D eigenvalue weighted by Gasteiger charge is 2.24. The summed E-state index contributed by atoms with van der Waals surface area (Å²) >= 11 is 0. The second kappa shape index (κ2) is 10.2. The average molecular weight is 377 g/mol. The van der Waals surface area contributed by atoms with Crippen LogP contribution in [0, 0.1) is 11.8 Å². The fourth-order valence-corrected chi connectivity index (χ4v) is 2.71. The van der Waals surface area contributed by atoms with Gasteiger partial charge in [0.15, 0.2) is 0 Å². The molecule has 0 fully saturated rings. The first-order valence-corrected chi connectivity index (χ1v) is 9.74. The molecule has 0 aliphatic carbocycles. The Morgan fingerprint density at radius 3 is 2.19 bits per heavy atom. The van der Waals surface area contributed by atoms with Crippen molar-refractivity contribution in [1.29, 1.82) is 0 Å². The van der Waals surface area contributed by atoms with Crippen LogP contribution in [0.4, 0.5) is 16.2 Å². The number of carbonyl (C=O) groups excluding carboxylic acids is 2. The van der Waals surface area contributed by atoms with E-state index in [0.717, 1.165) is 16.9 Å². The number of hydrogen-bond acceptors (Lipinski definition) is 3. The molecule has 6 nitrogen and oxygen atoms in total. The molecule has 27 heavy (non-hydrogen) atoms. The zero-order valence-corrected chi connectivity index (χ0v) is 18.1. The Kier molecular flexibility index (Phi) is 8.60. The molecule has 1 aromatic rings. The first kappa shape index (κ1) is 22.8. The summed E-state index contributed by atoms with van der Waals surface area (Å²) in [6.45, 7) is 13.0. The van der Waals surface area contributed by atoms with E-state index in [1.54, 1.807) is 0 Å². The molecule has 0 aliphatic rings. The van der Waals surface area contributed by atoms with Gasteiger partial charge in [0.05, 0.1) is 0 Å². The number of carbonyl (C=O) groups is 2. The minimum absolute atomic E-state index is 0.0188. The number of nitrogens with one attached hydrogen (secondary N) is 2. The lowest BCUT2D eigenvalue weighted by Crippen LogP contribution is -2.46. The van der Waals surface area contributed by atoms with E-state index in [4.69, 9.17) is 0 Å². The van der Waals surface area contributed by atoms with Crippen LogP contribution in [0.1, 0.15) is 47.1 Å². The van der Waals surface area contributed by atoms with Gasteiger partial charge >= 0.3 is 6.03 Å². The summed E-state index contributed by atoms with van der Waals surface area (Å²) in [7, 11) is 3.96. The molecule has 0 saturated carbocycles. The Labute approximate surface area is 164 Å². The van der Waals surface area contributed by atoms with Gasteiger partial charge in [-0.2, -0.15) is 0 Å². The van der Waals surface area contributed by atoms with E-state index < -0.39 is 0 Å². The van der Waals surface area contributed by atoms with Gasteiger partial charge in [0, 0.05) is 50.5 Å². The van der Waals surface area contributed by atoms with Crippen molar-refractivity contribution < 1.29 is 9.59 Å². The van der Waals surface area contributed by atoms with Gasteiger partial charge in [-0.3, -0.25) is 4.79 Å². The molecule has 152 valence electrons. The van der Waals surface area contributed by atoms with Crippen molar-refractivity contribution in [3.63, 3.8) is 0 Å². The molecule has 0 aromatic heterocycles. The van der Waals surface area contributed by atoms with Crippen LogP contribution in [0.5, 0.6) is 0 Å². The molecule has 0 bridgehead atoms. The van der Waals surface area contributed by atoms with Crippen molar-refractivity contribution >= 4 is 23.3 Å². The van der Waals surface area contributed by atoms with Crippen molar-refractivity contribution in [2.45, 2.75) is 54.1 Å². The van der Waals surface area contributed by atoms with Crippen LogP contribution in [0.25, 0.3) is 0 Å². The fourth-order valence-electron chi connectivity index (χ4n) is 2.71. The zero-order chi connectivity index (χ0) is 20.7. The van der Waals surface area contributed by atoms with Crippen LogP contribution < -0.4 is 15.5 Å². The van der Waals surface area contributed by atoms with E-state index in [1.807, 2.05) is 62.9 Å². The van der Waals surface area contributed by atoms with E-state index in [9.17, 15) is 9.59 Å². The molecular weight excluding hydrogens is 340 g/mol. The molecule has 0 heterocycles. The summed E-state index contributed by atoms with van der Waals surface area (Å²) in [4.78, 5) is 28.6. The molecule has 0 aliphatic heterocycles. The quantitative estimate of drug-likeness (QED) is 0.723. The average Bonchev–Trinajstić information content (AvgIpc) is 2.58. The number of rotatable bonds is 8. The summed E-state index contributed by atoms with van der Waals surface area (Å²) in [6, 6.07) is 5.87. The highest BCUT2D eigenvalue weighted by atomic mass is 16.2. The Morgan fingerprint density at radius 2 is 1.70 bits per heavy atom. The van der Waals surface area contributed by atoms with Crippen LogP contribution in [0.15, 0.2) is 18.2 Å². The number of urea groups is 1. The Hall–Kier alpha value is -2.24. The lowest BCUT2D eigenvalue weighted by Gasteiger charge is -2.33. The molecule has 1 rings (SSSR count). The first-order valence-electron chi connectivity index (χ1n) is 9.74. The van der Waals surface area contributed by atoms with Crippen LogP contribution in [0.2, 0.25) is 0 Å². The van der Waals surface area contributed by atoms with E-state index in [-0.39, 0.29) is 23.9 Å². The van der Waals surface area contributed by atoms with Crippen molar-refractivity contribution in [2.24, 2.45) is 11.8 Å². The highest BCUT2D eigenvalue weighted by Crippen LogP contribution is 2.26. The smallest absolute Gasteiger partial charge is 0.317 e. The maximum Gasteiger partial charge on any atom is 0.317 e. The predicted octanol–water partition coefficient (Wildman–Crippen LogP) is 3.92. The first-order chi connectivity index (χ1) is 12.6. The molecule has 1 aromatic carbocycles. The summed E-state index contributed by atoms with van der Waals surface area (Å²) in [5.41, 5.74) is 2.78. The van der Waals surface area contributed by atoms with Gasteiger partial charge in [-0.05, 0) is 43.5 Å². The lowest BCUT2D eigenvalue weighted by molar-refractivity contribution is -0.118. The molecule has 0 radical (unpaired) electrons. The second-order valence-corrected chi connectivity index (χ2v) is 7.83. The third-order valence-electron chi connectivity index (χ3n) is 4.74. The standard InChI is InChI=1S/C21H36N4O2/c1-9-22-21(27)25(16(6)14(2)3)13-17-12-18(23-20(26)15(4)5)10-11-19(17)24(7)8/h10-12,14-16H,9,13H2,1-8H3,(H,22,27)(H,23,26)/t16-/m1/s1. The SMILES string of the molecule is CCNC(=O)N(Cc1cc(NC(=O)C(C)C)ccc1N(C)C)[C@H](C)C(C)C. The van der Waals surface area contributed by atoms with Crippen molar-refractivity contribution in [3.05, 3.63) is 23.8 Å². The van der Waals surface area contributed by atoms with Gasteiger partial charge in [-0.15, -0.1) is 0 Å². The van der Waals surface area contributed by atoms with Crippen molar-refractivity contribution in [2.75, 3.05) is 30.9 Å². The predicted molar refractivity (Wildman–Crippen MR) is 113 cm³/mol. The van der Waals surface area contributed by atoms with Gasteiger partial charge in [-0.1, -0.05) is 27.7 Å². The molecular formula is C21H36N4O2. The van der Waals surface area contributed by atoms with Crippen LogP contribution in [-0.2, 0) is 11.3 Å². The van der Waals surface area contributed by atoms with E-state index in [0.29, 0.717) is 19.0 Å². The Balaban J connectivity index is 3.24. The van der Waals surface area contributed by atoms with E-state index >= 15 is 0 Å². The largest absolute Gasteiger partial charge is 0.377 e. The summed E-state index contributed by atoms with van der Waals surface area (Å²) < 4.78 is 0. The monoisotopic (exact) mass is 376 g/mol. The van der Waals surface area contributed by atoms with Crippen LogP contribution >= 0.6 is 0 Å². The second-order valence-electron chi connectivity index (χ2n) is 7.83. The third-order valence-corrected chi connectivity index (χ3v) is 4.74. The third kappa shape index (κ3) is 6.45. The van der Waals surface area contributed by atoms with Gasteiger partial charge < -0.3 is 20.4 Å². The molecule has 0 saturated heterocycles. The van der Waals surface area contributed by atoms with Crippen molar-refractivity contribution in [1.82, 2.24) is 10.2 Å². The van der Waals surface area contributed by atoms with Crippen LogP contribution in [-0.4, -0.2) is 43.5 Å². The summed E-state index contributed by atoms with van der Waals surface area (Å²) in [5.74, 6) is 0.226. The van der Waals surface area contributed by atoms with Gasteiger partial charge in [0.2, 0.25) is 5.91 Å². The number of anilines is 2. The zero-order valence-electron chi connectivity index (χ0n) is 18.1. The van der Waals surface area contributed by atoms with Gasteiger partial charge in [0.1, 0.15) is 0 Å². The molecule has 0 spiro atoms. The number of hydrogen-bond donors (Lipinski definition) is 2. The summed E-state index contributed by atoms with van der Waals surface area (Å²) in [6.07, 6.45) is 0. The molecule has 2 N–H and O–H groups in total. The Bertz CT molecular complexity index is 641. The highest BCUT2D eigenvalue weighted by molar-refractivity contribution is 5.92. The van der Waals surface area contributed by atoms with Gasteiger partial charge in [0.25, 0.3) is 0 Å². The maximum absolute atomic E-state index is 12.7. The van der Waals surface area contributed by atoms with E-state index in [1.165, 1.54) is 0 Å². The fraction of sp³-hybridized carbons (Fsp3) is 0.619. The molecule has 1 atom stereocenters. The topological polar surface area (TPSA) is 64.7 Å². The van der Waals surface area contributed by atoms with Gasteiger partial charge in [-0.25, -0.2) is 4.79 Å². The molecule has 6 heteroatoms. The lowest BCUT2D eigenvalue weighted by atomic mass is 10.0.